The van der Waals surface area contributed by atoms with E-state index in [-0.39, 0.29) is 11.9 Å². The van der Waals surface area contributed by atoms with E-state index in [1.54, 1.807) is 10.9 Å². The summed E-state index contributed by atoms with van der Waals surface area (Å²) in [5.74, 6) is -0.0939. The molecule has 0 radical (unpaired) electrons. The van der Waals surface area contributed by atoms with Crippen molar-refractivity contribution in [3.63, 3.8) is 0 Å². The van der Waals surface area contributed by atoms with E-state index >= 15 is 0 Å². The number of rotatable bonds is 4. The predicted molar refractivity (Wildman–Crippen MR) is 74.6 cm³/mol. The van der Waals surface area contributed by atoms with Crippen molar-refractivity contribution in [3.8, 4) is 0 Å². The Bertz CT molecular complexity index is 559. The molecule has 1 amide bonds. The lowest BCUT2D eigenvalue weighted by molar-refractivity contribution is -0.119. The summed E-state index contributed by atoms with van der Waals surface area (Å²) >= 11 is 0. The van der Waals surface area contributed by atoms with Crippen molar-refractivity contribution in [2.75, 3.05) is 5.32 Å². The van der Waals surface area contributed by atoms with Gasteiger partial charge in [0.05, 0.1) is 6.20 Å². The number of benzene rings is 1. The Kier molecular flexibility index (Phi) is 3.97. The fraction of sp³-hybridized carbons (Fsp3) is 0.286. The summed E-state index contributed by atoms with van der Waals surface area (Å²) < 4.78 is 1.65. The van der Waals surface area contributed by atoms with Crippen molar-refractivity contribution in [1.82, 2.24) is 9.78 Å². The average Bonchev–Trinajstić information content (AvgIpc) is 2.85. The normalized spacial score (nSPS) is 12.2. The molecule has 0 fully saturated rings. The summed E-state index contributed by atoms with van der Waals surface area (Å²) in [6.07, 6.45) is 3.58. The zero-order valence-electron chi connectivity index (χ0n) is 11.1. The van der Waals surface area contributed by atoms with E-state index in [1.807, 2.05) is 44.3 Å². The summed E-state index contributed by atoms with van der Waals surface area (Å²) in [5, 5.41) is 7.01. The first-order valence-electron chi connectivity index (χ1n) is 6.21. The molecule has 0 aliphatic carbocycles. The van der Waals surface area contributed by atoms with Crippen LogP contribution in [0.5, 0.6) is 0 Å². The third-order valence-corrected chi connectivity index (χ3v) is 2.96. The number of amides is 1. The Morgan fingerprint density at radius 2 is 2.11 bits per heavy atom. The minimum atomic E-state index is -0.345. The van der Waals surface area contributed by atoms with Gasteiger partial charge in [-0.3, -0.25) is 9.48 Å². The van der Waals surface area contributed by atoms with Crippen LogP contribution >= 0.6 is 0 Å². The van der Waals surface area contributed by atoms with Gasteiger partial charge < -0.3 is 11.1 Å². The third kappa shape index (κ3) is 3.20. The van der Waals surface area contributed by atoms with Gasteiger partial charge in [-0.15, -0.1) is 0 Å². The zero-order chi connectivity index (χ0) is 13.8. The van der Waals surface area contributed by atoms with Gasteiger partial charge in [0.15, 0.2) is 0 Å². The molecule has 5 heteroatoms. The SMILES string of the molecule is Cc1cnn(C(C)C(=O)Nc2ccc(CN)cc2)c1. The number of nitrogens with zero attached hydrogens (tertiary/aromatic N) is 2. The summed E-state index contributed by atoms with van der Waals surface area (Å²) in [6, 6.07) is 7.15. The Labute approximate surface area is 112 Å². The van der Waals surface area contributed by atoms with Crippen molar-refractivity contribution in [2.45, 2.75) is 26.4 Å². The first-order valence-corrected chi connectivity index (χ1v) is 6.21. The summed E-state index contributed by atoms with van der Waals surface area (Å²) in [7, 11) is 0. The van der Waals surface area contributed by atoms with Crippen LogP contribution in [0.4, 0.5) is 5.69 Å². The van der Waals surface area contributed by atoms with Crippen LogP contribution in [-0.4, -0.2) is 15.7 Å². The van der Waals surface area contributed by atoms with Crippen LogP contribution in [0.25, 0.3) is 0 Å². The smallest absolute Gasteiger partial charge is 0.248 e. The lowest BCUT2D eigenvalue weighted by Gasteiger charge is -2.12. The molecule has 0 aliphatic heterocycles. The van der Waals surface area contributed by atoms with E-state index < -0.39 is 0 Å². The molecule has 1 atom stereocenters. The monoisotopic (exact) mass is 258 g/mol. The molecule has 2 aromatic rings. The van der Waals surface area contributed by atoms with Crippen LogP contribution in [0.2, 0.25) is 0 Å². The molecular weight excluding hydrogens is 240 g/mol. The lowest BCUT2D eigenvalue weighted by Crippen LogP contribution is -2.24. The highest BCUT2D eigenvalue weighted by atomic mass is 16.2. The molecule has 1 unspecified atom stereocenters. The molecule has 0 aliphatic rings. The predicted octanol–water partition coefficient (Wildman–Crippen LogP) is 1.85. The number of carbonyl (C=O) groups excluding carboxylic acids is 1. The van der Waals surface area contributed by atoms with Gasteiger partial charge in [-0.25, -0.2) is 0 Å². The molecule has 0 spiro atoms. The van der Waals surface area contributed by atoms with Crippen LogP contribution in [0.15, 0.2) is 36.7 Å². The molecule has 5 nitrogen and oxygen atoms in total. The van der Waals surface area contributed by atoms with E-state index in [2.05, 4.69) is 10.4 Å². The zero-order valence-corrected chi connectivity index (χ0v) is 11.1. The Hall–Kier alpha value is -2.14. The van der Waals surface area contributed by atoms with Crippen molar-refractivity contribution in [3.05, 3.63) is 47.8 Å². The first kappa shape index (κ1) is 13.3. The molecule has 100 valence electrons. The van der Waals surface area contributed by atoms with E-state index in [9.17, 15) is 4.79 Å². The number of aryl methyl sites for hydroxylation is 1. The summed E-state index contributed by atoms with van der Waals surface area (Å²) in [4.78, 5) is 12.1. The largest absolute Gasteiger partial charge is 0.326 e. The molecule has 0 saturated heterocycles. The second-order valence-electron chi connectivity index (χ2n) is 4.56. The van der Waals surface area contributed by atoms with Gasteiger partial charge >= 0.3 is 0 Å². The highest BCUT2D eigenvalue weighted by Crippen LogP contribution is 2.13. The maximum absolute atomic E-state index is 12.1. The van der Waals surface area contributed by atoms with E-state index in [4.69, 9.17) is 5.73 Å². The van der Waals surface area contributed by atoms with Crippen LogP contribution < -0.4 is 11.1 Å². The van der Waals surface area contributed by atoms with Gasteiger partial charge in [0.25, 0.3) is 0 Å². The van der Waals surface area contributed by atoms with E-state index in [0.717, 1.165) is 16.8 Å². The number of carbonyl (C=O) groups is 1. The second-order valence-corrected chi connectivity index (χ2v) is 4.56. The van der Waals surface area contributed by atoms with Crippen LogP contribution in [0.3, 0.4) is 0 Å². The van der Waals surface area contributed by atoms with Gasteiger partial charge in [-0.2, -0.15) is 5.10 Å². The fourth-order valence-electron chi connectivity index (χ4n) is 1.74. The highest BCUT2D eigenvalue weighted by molar-refractivity contribution is 5.93. The molecule has 0 bridgehead atoms. The minimum Gasteiger partial charge on any atom is -0.326 e. The highest BCUT2D eigenvalue weighted by Gasteiger charge is 2.15. The maximum atomic E-state index is 12.1. The first-order chi connectivity index (χ1) is 9.10. The van der Waals surface area contributed by atoms with Gasteiger partial charge in [0.2, 0.25) is 5.91 Å². The molecule has 1 aromatic carbocycles. The van der Waals surface area contributed by atoms with Crippen molar-refractivity contribution >= 4 is 11.6 Å². The summed E-state index contributed by atoms with van der Waals surface area (Å²) in [5.41, 5.74) is 8.36. The topological polar surface area (TPSA) is 72.9 Å². The molecule has 1 aromatic heterocycles. The summed E-state index contributed by atoms with van der Waals surface area (Å²) in [6.45, 7) is 4.26. The lowest BCUT2D eigenvalue weighted by atomic mass is 10.2. The number of aromatic nitrogens is 2. The van der Waals surface area contributed by atoms with E-state index in [0.29, 0.717) is 6.54 Å². The Morgan fingerprint density at radius 1 is 1.42 bits per heavy atom. The number of anilines is 1. The molecule has 3 N–H and O–H groups in total. The van der Waals surface area contributed by atoms with Gasteiger partial charge in [-0.1, -0.05) is 12.1 Å². The number of hydrogen-bond donors (Lipinski definition) is 2. The van der Waals surface area contributed by atoms with Crippen molar-refractivity contribution < 1.29 is 4.79 Å². The number of nitrogens with two attached hydrogens (primary N) is 1. The van der Waals surface area contributed by atoms with Crippen molar-refractivity contribution in [2.24, 2.45) is 5.73 Å². The fourth-order valence-corrected chi connectivity index (χ4v) is 1.74. The molecule has 2 rings (SSSR count). The molecular formula is C14H18N4O. The molecule has 19 heavy (non-hydrogen) atoms. The number of hydrogen-bond acceptors (Lipinski definition) is 3. The second kappa shape index (κ2) is 5.67. The standard InChI is InChI=1S/C14H18N4O/c1-10-8-16-18(9-10)11(2)14(19)17-13-5-3-12(7-15)4-6-13/h3-6,8-9,11H,7,15H2,1-2H3,(H,17,19). The minimum absolute atomic E-state index is 0.0939. The Balaban J connectivity index is 2.03. The maximum Gasteiger partial charge on any atom is 0.248 e. The average molecular weight is 258 g/mol. The van der Waals surface area contributed by atoms with E-state index in [1.165, 1.54) is 0 Å². The Morgan fingerprint density at radius 3 is 2.63 bits per heavy atom. The van der Waals surface area contributed by atoms with Crippen molar-refractivity contribution in [1.29, 1.82) is 0 Å². The number of nitrogens with one attached hydrogen (secondary N) is 1. The third-order valence-electron chi connectivity index (χ3n) is 2.96. The van der Waals surface area contributed by atoms with Crippen LogP contribution in [0.1, 0.15) is 24.1 Å². The van der Waals surface area contributed by atoms with Gasteiger partial charge in [0.1, 0.15) is 6.04 Å². The van der Waals surface area contributed by atoms with Crippen LogP contribution in [0, 0.1) is 6.92 Å². The van der Waals surface area contributed by atoms with Gasteiger partial charge in [0, 0.05) is 18.4 Å². The molecule has 1 heterocycles. The molecule has 0 saturated carbocycles. The quantitative estimate of drug-likeness (QED) is 0.879. The van der Waals surface area contributed by atoms with Gasteiger partial charge in [-0.05, 0) is 37.1 Å². The van der Waals surface area contributed by atoms with Crippen LogP contribution in [-0.2, 0) is 11.3 Å².